The van der Waals surface area contributed by atoms with Crippen molar-refractivity contribution in [2.75, 3.05) is 11.9 Å². The lowest BCUT2D eigenvalue weighted by atomic mass is 10.1. The van der Waals surface area contributed by atoms with E-state index in [9.17, 15) is 26.4 Å². The zero-order valence-electron chi connectivity index (χ0n) is 16.1. The molecule has 31 heavy (non-hydrogen) atoms. The standard InChI is InChI=1S/C20H19F3N4O3S/c21-20(22,23)16-7-3-6-15(14-16)19(28)26-17-8-1-2-9-18(17)31(29,30)25-11-5-13-27-12-4-10-24-27/h1-4,6-10,12,14,25H,5,11,13H2,(H,26,28). The number of alkyl halides is 3. The molecule has 0 bridgehead atoms. The van der Waals surface area contributed by atoms with Crippen LogP contribution in [0.25, 0.3) is 0 Å². The number of benzene rings is 2. The summed E-state index contributed by atoms with van der Waals surface area (Å²) < 4.78 is 68.2. The van der Waals surface area contributed by atoms with E-state index in [1.807, 2.05) is 0 Å². The van der Waals surface area contributed by atoms with E-state index in [1.54, 1.807) is 23.1 Å². The predicted molar refractivity (Wildman–Crippen MR) is 108 cm³/mol. The number of nitrogens with zero attached hydrogens (tertiary/aromatic N) is 2. The van der Waals surface area contributed by atoms with Gasteiger partial charge < -0.3 is 5.32 Å². The van der Waals surface area contributed by atoms with E-state index in [0.717, 1.165) is 12.1 Å². The molecular weight excluding hydrogens is 433 g/mol. The summed E-state index contributed by atoms with van der Waals surface area (Å²) in [6, 6.07) is 11.3. The molecular formula is C20H19F3N4O3S. The third-order valence-corrected chi connectivity index (χ3v) is 5.81. The highest BCUT2D eigenvalue weighted by atomic mass is 32.2. The second-order valence-electron chi connectivity index (χ2n) is 6.55. The van der Waals surface area contributed by atoms with E-state index in [4.69, 9.17) is 0 Å². The lowest BCUT2D eigenvalue weighted by Gasteiger charge is -2.13. The largest absolute Gasteiger partial charge is 0.416 e. The van der Waals surface area contributed by atoms with Crippen LogP contribution in [0, 0.1) is 0 Å². The first-order valence-corrected chi connectivity index (χ1v) is 10.7. The second-order valence-corrected chi connectivity index (χ2v) is 8.28. The molecule has 0 fully saturated rings. The number of nitrogens with one attached hydrogen (secondary N) is 2. The summed E-state index contributed by atoms with van der Waals surface area (Å²) >= 11 is 0. The molecule has 0 saturated heterocycles. The third kappa shape index (κ3) is 5.92. The van der Waals surface area contributed by atoms with Gasteiger partial charge in [0.2, 0.25) is 10.0 Å². The predicted octanol–water partition coefficient (Wildman–Crippen LogP) is 3.52. The van der Waals surface area contributed by atoms with Gasteiger partial charge >= 0.3 is 6.18 Å². The highest BCUT2D eigenvalue weighted by Crippen LogP contribution is 2.30. The molecule has 1 heterocycles. The Balaban J connectivity index is 1.71. The smallest absolute Gasteiger partial charge is 0.321 e. The first-order valence-electron chi connectivity index (χ1n) is 9.21. The maximum absolute atomic E-state index is 12.9. The van der Waals surface area contributed by atoms with Gasteiger partial charge in [0.05, 0.1) is 11.3 Å². The van der Waals surface area contributed by atoms with Gasteiger partial charge in [0.25, 0.3) is 5.91 Å². The van der Waals surface area contributed by atoms with Crippen LogP contribution >= 0.6 is 0 Å². The first kappa shape index (κ1) is 22.5. The minimum Gasteiger partial charge on any atom is -0.321 e. The van der Waals surface area contributed by atoms with E-state index in [1.165, 1.54) is 30.3 Å². The number of carbonyl (C=O) groups is 1. The number of amides is 1. The molecule has 0 aliphatic heterocycles. The van der Waals surface area contributed by atoms with Crippen molar-refractivity contribution < 1.29 is 26.4 Å². The van der Waals surface area contributed by atoms with E-state index < -0.39 is 27.7 Å². The number of carbonyl (C=O) groups excluding carboxylic acids is 1. The van der Waals surface area contributed by atoms with Gasteiger partial charge in [-0.3, -0.25) is 9.48 Å². The number of rotatable bonds is 8. The molecule has 0 atom stereocenters. The van der Waals surface area contributed by atoms with Crippen molar-refractivity contribution in [3.63, 3.8) is 0 Å². The molecule has 7 nitrogen and oxygen atoms in total. The van der Waals surface area contributed by atoms with E-state index in [2.05, 4.69) is 15.1 Å². The Morgan fingerprint density at radius 1 is 1.06 bits per heavy atom. The van der Waals surface area contributed by atoms with Gasteiger partial charge in [-0.25, -0.2) is 13.1 Å². The maximum atomic E-state index is 12.9. The van der Waals surface area contributed by atoms with Crippen LogP contribution in [0.2, 0.25) is 0 Å². The summed E-state index contributed by atoms with van der Waals surface area (Å²) in [6.07, 6.45) is -0.738. The summed E-state index contributed by atoms with van der Waals surface area (Å²) in [4.78, 5) is 12.3. The van der Waals surface area contributed by atoms with E-state index in [-0.39, 0.29) is 22.7 Å². The molecule has 2 N–H and O–H groups in total. The molecule has 164 valence electrons. The van der Waals surface area contributed by atoms with Gasteiger partial charge in [-0.2, -0.15) is 18.3 Å². The van der Waals surface area contributed by atoms with Crippen molar-refractivity contribution in [1.82, 2.24) is 14.5 Å². The van der Waals surface area contributed by atoms with Gasteiger partial charge in [-0.05, 0) is 42.8 Å². The zero-order valence-corrected chi connectivity index (χ0v) is 16.9. The average molecular weight is 452 g/mol. The average Bonchev–Trinajstić information content (AvgIpc) is 3.24. The molecule has 0 spiro atoms. The van der Waals surface area contributed by atoms with Gasteiger partial charge in [0, 0.05) is 31.0 Å². The van der Waals surface area contributed by atoms with Gasteiger partial charge in [0.15, 0.2) is 0 Å². The van der Waals surface area contributed by atoms with Crippen molar-refractivity contribution in [2.45, 2.75) is 24.0 Å². The van der Waals surface area contributed by atoms with Crippen LogP contribution in [-0.2, 0) is 22.7 Å². The number of halogens is 3. The molecule has 1 aromatic heterocycles. The van der Waals surface area contributed by atoms with Crippen LogP contribution < -0.4 is 10.0 Å². The monoisotopic (exact) mass is 452 g/mol. The molecule has 3 aromatic rings. The van der Waals surface area contributed by atoms with Gasteiger partial charge in [0.1, 0.15) is 4.90 Å². The van der Waals surface area contributed by atoms with Gasteiger partial charge in [-0.1, -0.05) is 18.2 Å². The Hall–Kier alpha value is -3.18. The first-order chi connectivity index (χ1) is 14.7. The number of aromatic nitrogens is 2. The van der Waals surface area contributed by atoms with Crippen molar-refractivity contribution in [3.8, 4) is 0 Å². The van der Waals surface area contributed by atoms with Crippen LogP contribution in [0.3, 0.4) is 0 Å². The Labute approximate surface area is 176 Å². The normalized spacial score (nSPS) is 12.0. The Morgan fingerprint density at radius 3 is 2.55 bits per heavy atom. The van der Waals surface area contributed by atoms with E-state index in [0.29, 0.717) is 19.0 Å². The zero-order chi connectivity index (χ0) is 22.5. The molecule has 2 aromatic carbocycles. The van der Waals surface area contributed by atoms with Crippen molar-refractivity contribution in [3.05, 3.63) is 78.1 Å². The molecule has 11 heteroatoms. The van der Waals surface area contributed by atoms with Crippen LogP contribution in [0.5, 0.6) is 0 Å². The topological polar surface area (TPSA) is 93.1 Å². The molecule has 0 aliphatic rings. The summed E-state index contributed by atoms with van der Waals surface area (Å²) in [5, 5.41) is 6.41. The summed E-state index contributed by atoms with van der Waals surface area (Å²) in [5.74, 6) is -0.854. The minimum atomic E-state index is -4.60. The van der Waals surface area contributed by atoms with Crippen LogP contribution in [0.4, 0.5) is 18.9 Å². The number of hydrogen-bond donors (Lipinski definition) is 2. The van der Waals surface area contributed by atoms with Crippen molar-refractivity contribution in [1.29, 1.82) is 0 Å². The van der Waals surface area contributed by atoms with Crippen LogP contribution in [0.15, 0.2) is 71.9 Å². The maximum Gasteiger partial charge on any atom is 0.416 e. The number of anilines is 1. The lowest BCUT2D eigenvalue weighted by molar-refractivity contribution is -0.137. The number of sulfonamides is 1. The highest BCUT2D eigenvalue weighted by Gasteiger charge is 2.31. The Morgan fingerprint density at radius 2 is 1.84 bits per heavy atom. The fourth-order valence-corrected chi connectivity index (χ4v) is 4.03. The van der Waals surface area contributed by atoms with Crippen LogP contribution in [-0.4, -0.2) is 30.7 Å². The summed E-state index contributed by atoms with van der Waals surface area (Å²) in [6.45, 7) is 0.654. The second kappa shape index (κ2) is 9.31. The Kier molecular flexibility index (Phi) is 6.76. The quantitative estimate of drug-likeness (QED) is 0.512. The SMILES string of the molecule is O=C(Nc1ccccc1S(=O)(=O)NCCCn1cccn1)c1cccc(C(F)(F)F)c1. The summed E-state index contributed by atoms with van der Waals surface area (Å²) in [7, 11) is -3.97. The fraction of sp³-hybridized carbons (Fsp3) is 0.200. The summed E-state index contributed by atoms with van der Waals surface area (Å²) in [5.41, 5.74) is -1.25. The number of para-hydroxylation sites is 1. The lowest BCUT2D eigenvalue weighted by Crippen LogP contribution is -2.27. The highest BCUT2D eigenvalue weighted by molar-refractivity contribution is 7.89. The van der Waals surface area contributed by atoms with Crippen LogP contribution in [0.1, 0.15) is 22.3 Å². The molecule has 3 rings (SSSR count). The molecule has 0 aliphatic carbocycles. The molecule has 0 radical (unpaired) electrons. The number of hydrogen-bond acceptors (Lipinski definition) is 4. The molecule has 1 amide bonds. The Bertz CT molecular complexity index is 1150. The number of aryl methyl sites for hydroxylation is 1. The third-order valence-electron chi connectivity index (χ3n) is 4.29. The van der Waals surface area contributed by atoms with Crippen molar-refractivity contribution in [2.24, 2.45) is 0 Å². The fourth-order valence-electron chi connectivity index (χ4n) is 2.79. The van der Waals surface area contributed by atoms with E-state index >= 15 is 0 Å². The van der Waals surface area contributed by atoms with Crippen molar-refractivity contribution >= 4 is 21.6 Å². The molecule has 0 unspecified atom stereocenters. The van der Waals surface area contributed by atoms with Gasteiger partial charge in [-0.15, -0.1) is 0 Å². The molecule has 0 saturated carbocycles. The minimum absolute atomic E-state index is 0.0375.